The van der Waals surface area contributed by atoms with Crippen molar-refractivity contribution < 1.29 is 9.90 Å². The van der Waals surface area contributed by atoms with Crippen molar-refractivity contribution in [2.75, 3.05) is 0 Å². The zero-order valence-electron chi connectivity index (χ0n) is 14.8. The number of nitrogens with zero attached hydrogens (tertiary/aromatic N) is 3. The summed E-state index contributed by atoms with van der Waals surface area (Å²) in [5.41, 5.74) is 2.07. The van der Waals surface area contributed by atoms with Gasteiger partial charge >= 0.3 is 0 Å². The second kappa shape index (κ2) is 6.92. The van der Waals surface area contributed by atoms with E-state index in [1.807, 2.05) is 42.0 Å². The van der Waals surface area contributed by atoms with Crippen LogP contribution in [0.15, 0.2) is 30.5 Å². The lowest BCUT2D eigenvalue weighted by atomic mass is 9.79. The SMILES string of the molecule is CCn1c(CO)nnc1C1CC(NC(=O)Cc2c[nH]c3ccccc23)C1. The maximum absolute atomic E-state index is 12.4. The Hall–Kier alpha value is -2.67. The lowest BCUT2D eigenvalue weighted by molar-refractivity contribution is -0.121. The number of carbonyl (C=O) groups is 1. The number of rotatable bonds is 6. The van der Waals surface area contributed by atoms with E-state index >= 15 is 0 Å². The third-order valence-electron chi connectivity index (χ3n) is 5.21. The Morgan fingerprint density at radius 3 is 2.92 bits per heavy atom. The molecule has 26 heavy (non-hydrogen) atoms. The molecular weight excluding hydrogens is 330 g/mol. The molecule has 2 aromatic heterocycles. The Morgan fingerprint density at radius 2 is 2.15 bits per heavy atom. The zero-order chi connectivity index (χ0) is 18.1. The van der Waals surface area contributed by atoms with Crippen LogP contribution in [0.3, 0.4) is 0 Å². The first kappa shape index (κ1) is 16.8. The number of aromatic nitrogens is 4. The van der Waals surface area contributed by atoms with Crippen molar-refractivity contribution in [2.24, 2.45) is 0 Å². The minimum Gasteiger partial charge on any atom is -0.388 e. The molecule has 2 heterocycles. The van der Waals surface area contributed by atoms with Crippen LogP contribution in [0.5, 0.6) is 0 Å². The molecular formula is C19H23N5O2. The number of hydrogen-bond acceptors (Lipinski definition) is 4. The molecule has 3 N–H and O–H groups in total. The molecule has 1 aliphatic carbocycles. The van der Waals surface area contributed by atoms with Crippen molar-refractivity contribution in [3.8, 4) is 0 Å². The Morgan fingerprint density at radius 1 is 1.35 bits per heavy atom. The van der Waals surface area contributed by atoms with Gasteiger partial charge in [0.2, 0.25) is 5.91 Å². The smallest absolute Gasteiger partial charge is 0.224 e. The van der Waals surface area contributed by atoms with E-state index in [4.69, 9.17) is 0 Å². The molecule has 0 saturated heterocycles. The fourth-order valence-electron chi connectivity index (χ4n) is 3.79. The number of hydrogen-bond donors (Lipinski definition) is 3. The molecule has 0 radical (unpaired) electrons. The van der Waals surface area contributed by atoms with Crippen molar-refractivity contribution in [2.45, 2.75) is 51.3 Å². The van der Waals surface area contributed by atoms with Crippen molar-refractivity contribution >= 4 is 16.8 Å². The highest BCUT2D eigenvalue weighted by Gasteiger charge is 2.35. The first-order valence-corrected chi connectivity index (χ1v) is 9.06. The van der Waals surface area contributed by atoms with Gasteiger partial charge < -0.3 is 20.0 Å². The molecule has 0 spiro atoms. The average molecular weight is 353 g/mol. The van der Waals surface area contributed by atoms with Gasteiger partial charge in [0.15, 0.2) is 5.82 Å². The summed E-state index contributed by atoms with van der Waals surface area (Å²) in [5.74, 6) is 1.86. The number of para-hydroxylation sites is 1. The van der Waals surface area contributed by atoms with Crippen LogP contribution in [0.25, 0.3) is 10.9 Å². The summed E-state index contributed by atoms with van der Waals surface area (Å²) in [6.45, 7) is 2.66. The largest absolute Gasteiger partial charge is 0.388 e. The Balaban J connectivity index is 1.34. The first-order chi connectivity index (χ1) is 12.7. The van der Waals surface area contributed by atoms with Gasteiger partial charge in [-0.25, -0.2) is 0 Å². The van der Waals surface area contributed by atoms with Crippen LogP contribution in [-0.4, -0.2) is 36.8 Å². The lowest BCUT2D eigenvalue weighted by Gasteiger charge is -2.35. The average Bonchev–Trinajstić information content (AvgIpc) is 3.21. The highest BCUT2D eigenvalue weighted by Crippen LogP contribution is 2.36. The number of aliphatic hydroxyl groups is 1. The van der Waals surface area contributed by atoms with E-state index in [9.17, 15) is 9.90 Å². The van der Waals surface area contributed by atoms with Gasteiger partial charge in [0.05, 0.1) is 6.42 Å². The van der Waals surface area contributed by atoms with Crippen LogP contribution in [0.4, 0.5) is 0 Å². The summed E-state index contributed by atoms with van der Waals surface area (Å²) in [4.78, 5) is 15.6. The summed E-state index contributed by atoms with van der Waals surface area (Å²) in [5, 5.41) is 21.8. The van der Waals surface area contributed by atoms with E-state index in [1.165, 1.54) is 0 Å². The molecule has 1 saturated carbocycles. The first-order valence-electron chi connectivity index (χ1n) is 9.06. The molecule has 0 unspecified atom stereocenters. The summed E-state index contributed by atoms with van der Waals surface area (Å²) in [6.07, 6.45) is 4.02. The van der Waals surface area contributed by atoms with Crippen LogP contribution < -0.4 is 5.32 Å². The number of aromatic amines is 1. The third kappa shape index (κ3) is 2.99. The highest BCUT2D eigenvalue weighted by molar-refractivity contribution is 5.88. The van der Waals surface area contributed by atoms with Crippen LogP contribution in [0.1, 0.15) is 42.9 Å². The van der Waals surface area contributed by atoms with Gasteiger partial charge in [-0.3, -0.25) is 4.79 Å². The maximum atomic E-state index is 12.4. The molecule has 0 aliphatic heterocycles. The van der Waals surface area contributed by atoms with E-state index in [2.05, 4.69) is 20.5 Å². The van der Waals surface area contributed by atoms with Gasteiger partial charge in [-0.2, -0.15) is 0 Å². The summed E-state index contributed by atoms with van der Waals surface area (Å²) < 4.78 is 1.97. The molecule has 3 aromatic rings. The van der Waals surface area contributed by atoms with E-state index in [0.29, 0.717) is 18.2 Å². The molecule has 1 fully saturated rings. The number of H-pyrrole nitrogens is 1. The molecule has 1 amide bonds. The van der Waals surface area contributed by atoms with Gasteiger partial charge in [0, 0.05) is 35.6 Å². The summed E-state index contributed by atoms with van der Waals surface area (Å²) >= 11 is 0. The number of carbonyl (C=O) groups excluding carboxylic acids is 1. The van der Waals surface area contributed by atoms with Crippen LogP contribution in [-0.2, 0) is 24.4 Å². The predicted molar refractivity (Wildman–Crippen MR) is 97.5 cm³/mol. The molecule has 136 valence electrons. The second-order valence-corrected chi connectivity index (χ2v) is 6.85. The van der Waals surface area contributed by atoms with Crippen LogP contribution >= 0.6 is 0 Å². The lowest BCUT2D eigenvalue weighted by Crippen LogP contribution is -2.44. The number of amides is 1. The molecule has 1 aliphatic rings. The Bertz CT molecular complexity index is 923. The number of nitrogens with one attached hydrogen (secondary N) is 2. The molecule has 0 atom stereocenters. The number of fused-ring (bicyclic) bond motifs is 1. The van der Waals surface area contributed by atoms with Crippen molar-refractivity contribution in [3.63, 3.8) is 0 Å². The monoisotopic (exact) mass is 353 g/mol. The van der Waals surface area contributed by atoms with Gasteiger partial charge in [-0.15, -0.1) is 10.2 Å². The number of benzene rings is 1. The maximum Gasteiger partial charge on any atom is 0.224 e. The molecule has 0 bridgehead atoms. The van der Waals surface area contributed by atoms with Gasteiger partial charge in [-0.05, 0) is 31.4 Å². The molecule has 7 nitrogen and oxygen atoms in total. The third-order valence-corrected chi connectivity index (χ3v) is 5.21. The number of aliphatic hydroxyl groups excluding tert-OH is 1. The van der Waals surface area contributed by atoms with Crippen LogP contribution in [0, 0.1) is 0 Å². The Labute approximate surface area is 151 Å². The van der Waals surface area contributed by atoms with E-state index < -0.39 is 0 Å². The molecule has 1 aromatic carbocycles. The van der Waals surface area contributed by atoms with Gasteiger partial charge in [0.1, 0.15) is 12.4 Å². The standard InChI is InChI=1S/C19H23N5O2/c1-2-24-17(11-25)22-23-19(24)12-7-14(8-12)21-18(26)9-13-10-20-16-6-4-3-5-15(13)16/h3-6,10,12,14,20,25H,2,7-9,11H2,1H3,(H,21,26). The normalized spacial score (nSPS) is 19.5. The van der Waals surface area contributed by atoms with Crippen molar-refractivity contribution in [3.05, 3.63) is 47.7 Å². The molecule has 4 rings (SSSR count). The zero-order valence-corrected chi connectivity index (χ0v) is 14.8. The minimum absolute atomic E-state index is 0.0474. The summed E-state index contributed by atoms with van der Waals surface area (Å²) in [7, 11) is 0. The van der Waals surface area contributed by atoms with E-state index in [1.54, 1.807) is 0 Å². The topological polar surface area (TPSA) is 95.8 Å². The minimum atomic E-state index is -0.0989. The van der Waals surface area contributed by atoms with Crippen molar-refractivity contribution in [1.29, 1.82) is 0 Å². The van der Waals surface area contributed by atoms with Gasteiger partial charge in [0.25, 0.3) is 0 Å². The van der Waals surface area contributed by atoms with E-state index in [0.717, 1.165) is 41.7 Å². The summed E-state index contributed by atoms with van der Waals surface area (Å²) in [6, 6.07) is 8.19. The van der Waals surface area contributed by atoms with Gasteiger partial charge in [-0.1, -0.05) is 18.2 Å². The second-order valence-electron chi connectivity index (χ2n) is 6.85. The van der Waals surface area contributed by atoms with Crippen molar-refractivity contribution in [1.82, 2.24) is 25.1 Å². The molecule has 7 heteroatoms. The Kier molecular flexibility index (Phi) is 4.46. The fraction of sp³-hybridized carbons (Fsp3) is 0.421. The van der Waals surface area contributed by atoms with Crippen LogP contribution in [0.2, 0.25) is 0 Å². The quantitative estimate of drug-likeness (QED) is 0.630. The predicted octanol–water partition coefficient (Wildman–Crippen LogP) is 1.88. The fourth-order valence-corrected chi connectivity index (χ4v) is 3.79. The van der Waals surface area contributed by atoms with E-state index in [-0.39, 0.29) is 18.6 Å². The highest BCUT2D eigenvalue weighted by atomic mass is 16.3.